The predicted molar refractivity (Wildman–Crippen MR) is 132 cm³/mol. The van der Waals surface area contributed by atoms with E-state index < -0.39 is 18.2 Å². The number of piperazine rings is 1. The van der Waals surface area contributed by atoms with Crippen molar-refractivity contribution in [2.75, 3.05) is 38.5 Å². The molecule has 2 bridgehead atoms. The summed E-state index contributed by atoms with van der Waals surface area (Å²) in [5, 5.41) is 11.0. The molecule has 11 heteroatoms. The highest BCUT2D eigenvalue weighted by Gasteiger charge is 2.59. The van der Waals surface area contributed by atoms with E-state index in [4.69, 9.17) is 12.2 Å². The number of aliphatic hydroxyl groups excluding tert-OH is 1. The quantitative estimate of drug-likeness (QED) is 0.543. The minimum absolute atomic E-state index is 0.0859. The molecule has 3 saturated carbocycles. The number of pyridine rings is 1. The molecule has 0 aromatic carbocycles. The van der Waals surface area contributed by atoms with Gasteiger partial charge in [0.2, 0.25) is 0 Å². The molecule has 1 unspecified atom stereocenters. The smallest absolute Gasteiger partial charge is 0.402 e. The summed E-state index contributed by atoms with van der Waals surface area (Å²) in [6.07, 6.45) is 6.10. The Labute approximate surface area is 214 Å². The first-order valence-electron chi connectivity index (χ1n) is 12.7. The van der Waals surface area contributed by atoms with Crippen LogP contribution in [0.1, 0.15) is 51.1 Å². The minimum Gasteiger partial charge on any atom is -0.402 e. The van der Waals surface area contributed by atoms with Gasteiger partial charge in [0.1, 0.15) is 11.9 Å². The fraction of sp³-hybridized carbons (Fsp3) is 0.615. The lowest BCUT2D eigenvalue weighted by Crippen LogP contribution is -2.59. The number of ether oxygens (including phenoxy) is 1. The van der Waals surface area contributed by atoms with E-state index in [1.807, 2.05) is 20.0 Å². The van der Waals surface area contributed by atoms with Crippen molar-refractivity contribution in [3.05, 3.63) is 24.3 Å². The second kappa shape index (κ2) is 9.49. The summed E-state index contributed by atoms with van der Waals surface area (Å²) in [7, 11) is 0. The second-order valence-electron chi connectivity index (χ2n) is 10.9. The Morgan fingerprint density at radius 1 is 1.24 bits per heavy atom. The van der Waals surface area contributed by atoms with Gasteiger partial charge in [-0.2, -0.15) is 0 Å². The number of nitrogen functional groups attached to an aromatic ring is 1. The lowest BCUT2D eigenvalue weighted by molar-refractivity contribution is -0.274. The molecule has 2 aromatic rings. The number of aromatic nitrogens is 3. The Morgan fingerprint density at radius 2 is 1.95 bits per heavy atom. The number of terminal acetylenes is 1. The van der Waals surface area contributed by atoms with Crippen LogP contribution in [0.3, 0.4) is 0 Å². The first kappa shape index (κ1) is 25.8. The van der Waals surface area contributed by atoms with Crippen LogP contribution in [0.5, 0.6) is 5.75 Å². The van der Waals surface area contributed by atoms with Crippen LogP contribution < -0.4 is 10.5 Å². The van der Waals surface area contributed by atoms with Crippen molar-refractivity contribution < 1.29 is 23.0 Å². The lowest BCUT2D eigenvalue weighted by atomic mass is 9.75. The lowest BCUT2D eigenvalue weighted by Gasteiger charge is -2.50. The molecule has 4 aliphatic rings. The van der Waals surface area contributed by atoms with E-state index >= 15 is 0 Å². The average Bonchev–Trinajstić information content (AvgIpc) is 3.51. The summed E-state index contributed by atoms with van der Waals surface area (Å²) in [6.45, 7) is 8.38. The average molecular weight is 519 g/mol. The highest BCUT2D eigenvalue weighted by Crippen LogP contribution is 2.61. The molecule has 0 radical (unpaired) electrons. The Bertz CT molecular complexity index is 1180. The van der Waals surface area contributed by atoms with Crippen LogP contribution in [0.4, 0.5) is 19.0 Å². The number of fused-ring (bicyclic) bond motifs is 1. The molecule has 4 fully saturated rings. The fourth-order valence-electron chi connectivity index (χ4n) is 6.26. The molecule has 2 aromatic heterocycles. The van der Waals surface area contributed by atoms with E-state index in [1.165, 1.54) is 12.3 Å². The van der Waals surface area contributed by atoms with E-state index in [1.54, 1.807) is 0 Å². The standard InChI is InChI=1S/C26H33F3N6O2/c1-4-5-33-6-8-34(9-7-33)25-11-18(12-25)20(13-25)35-15-19(32-24(35)22(36)16(2)3)17-10-21(23(30)31-14-17)37-26(27,28)29/h1,10,14-16,18,20,22,36H,5-9,11-13H2,2-3H3,(H2,30,31)/t18?,20-,22?,25?/m0/s1. The van der Waals surface area contributed by atoms with Crippen molar-refractivity contribution in [3.63, 3.8) is 0 Å². The molecule has 200 valence electrons. The first-order valence-corrected chi connectivity index (χ1v) is 12.7. The molecular weight excluding hydrogens is 485 g/mol. The summed E-state index contributed by atoms with van der Waals surface area (Å²) in [5.41, 5.74) is 6.52. The van der Waals surface area contributed by atoms with Crippen molar-refractivity contribution in [2.24, 2.45) is 11.8 Å². The molecule has 6 rings (SSSR count). The van der Waals surface area contributed by atoms with Gasteiger partial charge in [-0.3, -0.25) is 9.80 Å². The van der Waals surface area contributed by atoms with Crippen LogP contribution in [0.25, 0.3) is 11.3 Å². The molecule has 1 saturated heterocycles. The van der Waals surface area contributed by atoms with Gasteiger partial charge in [0.25, 0.3) is 0 Å². The van der Waals surface area contributed by atoms with Gasteiger partial charge in [-0.1, -0.05) is 19.8 Å². The first-order chi connectivity index (χ1) is 17.5. The van der Waals surface area contributed by atoms with Crippen LogP contribution in [0, 0.1) is 24.2 Å². The fourth-order valence-corrected chi connectivity index (χ4v) is 6.26. The van der Waals surface area contributed by atoms with Crippen LogP contribution in [0.2, 0.25) is 0 Å². The monoisotopic (exact) mass is 518 g/mol. The van der Waals surface area contributed by atoms with Gasteiger partial charge in [-0.25, -0.2) is 9.97 Å². The van der Waals surface area contributed by atoms with Gasteiger partial charge in [0, 0.05) is 55.7 Å². The predicted octanol–water partition coefficient (Wildman–Crippen LogP) is 3.46. The molecule has 37 heavy (non-hydrogen) atoms. The normalized spacial score (nSPS) is 27.2. The molecule has 3 aliphatic carbocycles. The van der Waals surface area contributed by atoms with Crippen LogP contribution >= 0.6 is 0 Å². The maximum absolute atomic E-state index is 12.8. The molecule has 3 heterocycles. The zero-order valence-electron chi connectivity index (χ0n) is 21.1. The highest BCUT2D eigenvalue weighted by molar-refractivity contribution is 5.64. The maximum Gasteiger partial charge on any atom is 0.573 e. The topological polar surface area (TPSA) is 92.7 Å². The summed E-state index contributed by atoms with van der Waals surface area (Å²) in [4.78, 5) is 13.5. The molecule has 0 spiro atoms. The Morgan fingerprint density at radius 3 is 2.57 bits per heavy atom. The number of halogens is 3. The summed E-state index contributed by atoms with van der Waals surface area (Å²) >= 11 is 0. The van der Waals surface area contributed by atoms with Crippen molar-refractivity contribution in [3.8, 4) is 29.4 Å². The number of imidazole rings is 1. The maximum atomic E-state index is 12.8. The number of hydrogen-bond donors (Lipinski definition) is 2. The van der Waals surface area contributed by atoms with Crippen molar-refractivity contribution in [1.29, 1.82) is 0 Å². The third-order valence-corrected chi connectivity index (χ3v) is 8.19. The van der Waals surface area contributed by atoms with Crippen molar-refractivity contribution in [2.45, 2.75) is 57.2 Å². The minimum atomic E-state index is -4.89. The number of aliphatic hydroxyl groups is 1. The Kier molecular flexibility index (Phi) is 6.63. The Hall–Kier alpha value is -2.81. The number of rotatable bonds is 7. The zero-order chi connectivity index (χ0) is 26.5. The highest BCUT2D eigenvalue weighted by atomic mass is 19.4. The molecule has 1 aliphatic heterocycles. The van der Waals surface area contributed by atoms with E-state index in [0.717, 1.165) is 45.4 Å². The van der Waals surface area contributed by atoms with E-state index in [2.05, 4.69) is 35.0 Å². The number of alkyl halides is 3. The molecule has 0 amide bonds. The van der Waals surface area contributed by atoms with Gasteiger partial charge >= 0.3 is 6.36 Å². The van der Waals surface area contributed by atoms with E-state index in [9.17, 15) is 18.3 Å². The van der Waals surface area contributed by atoms with Crippen LogP contribution in [-0.2, 0) is 0 Å². The van der Waals surface area contributed by atoms with Gasteiger partial charge < -0.3 is 20.1 Å². The SMILES string of the molecule is C#CCN1CCN(C23CC(C2)[C@@H](n2cc(-c4cnc(N)c(OC(F)(F)F)c4)nc2C(O)C(C)C)C3)CC1. The van der Waals surface area contributed by atoms with Gasteiger partial charge in [0.05, 0.1) is 12.2 Å². The molecule has 2 atom stereocenters. The van der Waals surface area contributed by atoms with Gasteiger partial charge in [-0.05, 0) is 37.2 Å². The summed E-state index contributed by atoms with van der Waals surface area (Å²) in [6, 6.07) is 1.35. The number of anilines is 1. The largest absolute Gasteiger partial charge is 0.573 e. The zero-order valence-corrected chi connectivity index (χ0v) is 21.1. The molecule has 8 nitrogen and oxygen atoms in total. The van der Waals surface area contributed by atoms with Crippen molar-refractivity contribution >= 4 is 5.82 Å². The van der Waals surface area contributed by atoms with Gasteiger partial charge in [0.15, 0.2) is 11.6 Å². The third-order valence-electron chi connectivity index (χ3n) is 8.19. The third kappa shape index (κ3) is 4.90. The summed E-state index contributed by atoms with van der Waals surface area (Å²) in [5.74, 6) is 2.69. The molecule has 3 N–H and O–H groups in total. The number of hydrogen-bond acceptors (Lipinski definition) is 7. The second-order valence-corrected chi connectivity index (χ2v) is 10.9. The Balaban J connectivity index is 1.42. The van der Waals surface area contributed by atoms with Crippen LogP contribution in [-0.4, -0.2) is 74.1 Å². The number of nitrogens with two attached hydrogens (primary N) is 1. The number of nitrogens with zero attached hydrogens (tertiary/aromatic N) is 5. The van der Waals surface area contributed by atoms with Crippen molar-refractivity contribution in [1.82, 2.24) is 24.3 Å². The summed E-state index contributed by atoms with van der Waals surface area (Å²) < 4.78 is 44.6. The van der Waals surface area contributed by atoms with Crippen LogP contribution in [0.15, 0.2) is 18.5 Å². The van der Waals surface area contributed by atoms with E-state index in [-0.39, 0.29) is 23.3 Å². The molecular formula is C26H33F3N6O2. The van der Waals surface area contributed by atoms with E-state index in [0.29, 0.717) is 29.5 Å². The van der Waals surface area contributed by atoms with Gasteiger partial charge in [-0.15, -0.1) is 19.6 Å².